The normalized spacial score (nSPS) is 20.7. The highest BCUT2D eigenvalue weighted by molar-refractivity contribution is 5.78. The summed E-state index contributed by atoms with van der Waals surface area (Å²) < 4.78 is 1.89. The molecule has 1 atom stereocenters. The van der Waals surface area contributed by atoms with E-state index in [1.165, 1.54) is 5.56 Å². The lowest BCUT2D eigenvalue weighted by Gasteiger charge is -2.22. The van der Waals surface area contributed by atoms with Crippen LogP contribution < -0.4 is 11.1 Å². The van der Waals surface area contributed by atoms with E-state index in [-0.39, 0.29) is 11.3 Å². The average molecular weight is 341 g/mol. The van der Waals surface area contributed by atoms with Crippen LogP contribution in [-0.2, 0) is 17.9 Å². The molecule has 1 aromatic heterocycles. The van der Waals surface area contributed by atoms with E-state index in [9.17, 15) is 4.79 Å². The van der Waals surface area contributed by atoms with Crippen LogP contribution >= 0.6 is 0 Å². The van der Waals surface area contributed by atoms with Crippen LogP contribution in [0.1, 0.15) is 24.5 Å². The molecule has 1 fully saturated rings. The van der Waals surface area contributed by atoms with Gasteiger partial charge in [0.2, 0.25) is 5.91 Å². The number of benzene rings is 1. The van der Waals surface area contributed by atoms with E-state index in [4.69, 9.17) is 5.73 Å². The molecule has 1 aromatic carbocycles. The molecule has 1 aliphatic heterocycles. The molecule has 1 saturated heterocycles. The third kappa shape index (κ3) is 4.67. The van der Waals surface area contributed by atoms with Crippen molar-refractivity contribution in [2.75, 3.05) is 26.2 Å². The number of hydrogen-bond acceptors (Lipinski definition) is 4. The van der Waals surface area contributed by atoms with E-state index in [2.05, 4.69) is 34.4 Å². The molecule has 25 heavy (non-hydrogen) atoms. The summed E-state index contributed by atoms with van der Waals surface area (Å²) in [6, 6.07) is 10.1. The Morgan fingerprint density at radius 2 is 2.12 bits per heavy atom. The molecule has 0 bridgehead atoms. The highest BCUT2D eigenvalue weighted by Gasteiger charge is 2.32. The van der Waals surface area contributed by atoms with Crippen molar-refractivity contribution in [3.05, 3.63) is 53.9 Å². The topological polar surface area (TPSA) is 76.2 Å². The Morgan fingerprint density at radius 1 is 1.32 bits per heavy atom. The molecule has 1 unspecified atom stereocenters. The van der Waals surface area contributed by atoms with Gasteiger partial charge >= 0.3 is 0 Å². The fourth-order valence-electron chi connectivity index (χ4n) is 3.33. The van der Waals surface area contributed by atoms with Crippen LogP contribution in [0.5, 0.6) is 0 Å². The summed E-state index contributed by atoms with van der Waals surface area (Å²) in [5.74, 6) is 0.0650. The van der Waals surface area contributed by atoms with Crippen molar-refractivity contribution in [1.82, 2.24) is 20.0 Å². The SMILES string of the molecule is CC1(CN)CCN(CC(=O)NCc2ccccc2Cn2cccn2)C1. The lowest BCUT2D eigenvalue weighted by molar-refractivity contribution is -0.122. The van der Waals surface area contributed by atoms with Crippen molar-refractivity contribution >= 4 is 5.91 Å². The number of amides is 1. The second-order valence-electron chi connectivity index (χ2n) is 7.22. The monoisotopic (exact) mass is 341 g/mol. The second kappa shape index (κ2) is 7.80. The number of aromatic nitrogens is 2. The maximum atomic E-state index is 12.3. The van der Waals surface area contributed by atoms with Crippen LogP contribution in [0.3, 0.4) is 0 Å². The van der Waals surface area contributed by atoms with E-state index in [1.807, 2.05) is 29.1 Å². The van der Waals surface area contributed by atoms with Crippen molar-refractivity contribution in [1.29, 1.82) is 0 Å². The van der Waals surface area contributed by atoms with Crippen LogP contribution in [0.15, 0.2) is 42.7 Å². The number of rotatable bonds is 7. The highest BCUT2D eigenvalue weighted by Crippen LogP contribution is 2.27. The summed E-state index contributed by atoms with van der Waals surface area (Å²) in [5.41, 5.74) is 8.28. The van der Waals surface area contributed by atoms with Gasteiger partial charge in [-0.05, 0) is 42.1 Å². The van der Waals surface area contributed by atoms with Gasteiger partial charge < -0.3 is 11.1 Å². The zero-order chi connectivity index (χ0) is 17.7. The van der Waals surface area contributed by atoms with Crippen molar-refractivity contribution in [3.63, 3.8) is 0 Å². The molecule has 0 aliphatic carbocycles. The Morgan fingerprint density at radius 3 is 2.80 bits per heavy atom. The zero-order valence-electron chi connectivity index (χ0n) is 14.8. The molecule has 1 aliphatic rings. The number of hydrogen-bond donors (Lipinski definition) is 2. The number of carbonyl (C=O) groups is 1. The van der Waals surface area contributed by atoms with Crippen LogP contribution in [0.25, 0.3) is 0 Å². The molecule has 134 valence electrons. The summed E-state index contributed by atoms with van der Waals surface area (Å²) in [5, 5.41) is 7.30. The molecule has 6 heteroatoms. The summed E-state index contributed by atoms with van der Waals surface area (Å²) in [6.45, 7) is 6.39. The Labute approximate surface area is 149 Å². The molecular formula is C19H27N5O. The molecule has 0 spiro atoms. The minimum Gasteiger partial charge on any atom is -0.351 e. The fourth-order valence-corrected chi connectivity index (χ4v) is 3.33. The van der Waals surface area contributed by atoms with Crippen LogP contribution in [0, 0.1) is 5.41 Å². The molecule has 3 rings (SSSR count). The lowest BCUT2D eigenvalue weighted by Crippen LogP contribution is -2.38. The smallest absolute Gasteiger partial charge is 0.234 e. The minimum absolute atomic E-state index is 0.0650. The third-order valence-electron chi connectivity index (χ3n) is 4.98. The van der Waals surface area contributed by atoms with Crippen LogP contribution in [-0.4, -0.2) is 46.8 Å². The van der Waals surface area contributed by atoms with Gasteiger partial charge in [0.1, 0.15) is 0 Å². The maximum absolute atomic E-state index is 12.3. The Bertz CT molecular complexity index is 700. The largest absolute Gasteiger partial charge is 0.351 e. The first-order valence-electron chi connectivity index (χ1n) is 8.81. The van der Waals surface area contributed by atoms with Gasteiger partial charge in [-0.15, -0.1) is 0 Å². The number of nitrogens with zero attached hydrogens (tertiary/aromatic N) is 3. The summed E-state index contributed by atoms with van der Waals surface area (Å²) >= 11 is 0. The molecule has 3 N–H and O–H groups in total. The van der Waals surface area contributed by atoms with Crippen molar-refractivity contribution < 1.29 is 4.79 Å². The highest BCUT2D eigenvalue weighted by atomic mass is 16.2. The molecule has 6 nitrogen and oxygen atoms in total. The summed E-state index contributed by atoms with van der Waals surface area (Å²) in [4.78, 5) is 14.5. The number of carbonyl (C=O) groups excluding carboxylic acids is 1. The standard InChI is InChI=1S/C19H27N5O/c1-19(14-20)7-10-23(15-19)13-18(25)21-11-16-5-2-3-6-17(16)12-24-9-4-8-22-24/h2-6,8-9H,7,10-15,20H2,1H3,(H,21,25). The van der Waals surface area contributed by atoms with Gasteiger partial charge in [-0.2, -0.15) is 5.10 Å². The average Bonchev–Trinajstić information content (AvgIpc) is 3.25. The summed E-state index contributed by atoms with van der Waals surface area (Å²) in [7, 11) is 0. The molecule has 1 amide bonds. The van der Waals surface area contributed by atoms with Crippen molar-refractivity contribution in [2.45, 2.75) is 26.4 Å². The molecule has 2 aromatic rings. The number of nitrogens with two attached hydrogens (primary N) is 1. The Balaban J connectivity index is 1.52. The predicted molar refractivity (Wildman–Crippen MR) is 97.8 cm³/mol. The quantitative estimate of drug-likeness (QED) is 0.794. The first-order chi connectivity index (χ1) is 12.1. The van der Waals surface area contributed by atoms with Gasteiger partial charge in [-0.1, -0.05) is 31.2 Å². The van der Waals surface area contributed by atoms with E-state index in [0.717, 1.165) is 25.1 Å². The molecule has 0 radical (unpaired) electrons. The van der Waals surface area contributed by atoms with Crippen LogP contribution in [0.2, 0.25) is 0 Å². The maximum Gasteiger partial charge on any atom is 0.234 e. The predicted octanol–water partition coefficient (Wildman–Crippen LogP) is 1.22. The van der Waals surface area contributed by atoms with Gasteiger partial charge in [0.15, 0.2) is 0 Å². The van der Waals surface area contributed by atoms with Gasteiger partial charge in [-0.25, -0.2) is 0 Å². The van der Waals surface area contributed by atoms with Gasteiger partial charge in [-0.3, -0.25) is 14.4 Å². The molecular weight excluding hydrogens is 314 g/mol. The van der Waals surface area contributed by atoms with E-state index in [0.29, 0.717) is 26.2 Å². The fraction of sp³-hybridized carbons (Fsp3) is 0.474. The van der Waals surface area contributed by atoms with Crippen LogP contribution in [0.4, 0.5) is 0 Å². The van der Waals surface area contributed by atoms with Crippen molar-refractivity contribution in [2.24, 2.45) is 11.1 Å². The van der Waals surface area contributed by atoms with Crippen molar-refractivity contribution in [3.8, 4) is 0 Å². The van der Waals surface area contributed by atoms with E-state index in [1.54, 1.807) is 6.20 Å². The summed E-state index contributed by atoms with van der Waals surface area (Å²) in [6.07, 6.45) is 4.77. The van der Waals surface area contributed by atoms with E-state index < -0.39 is 0 Å². The second-order valence-corrected chi connectivity index (χ2v) is 7.22. The number of nitrogens with one attached hydrogen (secondary N) is 1. The molecule has 0 saturated carbocycles. The first-order valence-corrected chi connectivity index (χ1v) is 8.81. The number of likely N-dealkylation sites (tertiary alicyclic amines) is 1. The van der Waals surface area contributed by atoms with E-state index >= 15 is 0 Å². The minimum atomic E-state index is 0.0650. The third-order valence-corrected chi connectivity index (χ3v) is 4.98. The lowest BCUT2D eigenvalue weighted by atomic mass is 9.90. The van der Waals surface area contributed by atoms with Gasteiger partial charge in [0, 0.05) is 25.5 Å². The Hall–Kier alpha value is -2.18. The van der Waals surface area contributed by atoms with Gasteiger partial charge in [0.25, 0.3) is 0 Å². The zero-order valence-corrected chi connectivity index (χ0v) is 14.8. The molecule has 2 heterocycles. The van der Waals surface area contributed by atoms with Gasteiger partial charge in [0.05, 0.1) is 13.1 Å². The first kappa shape index (κ1) is 17.6. The Kier molecular flexibility index (Phi) is 5.50.